The van der Waals surface area contributed by atoms with Gasteiger partial charge in [-0.25, -0.2) is 28.3 Å². The summed E-state index contributed by atoms with van der Waals surface area (Å²) in [6.45, 7) is 1.07. The zero-order chi connectivity index (χ0) is 30.8. The van der Waals surface area contributed by atoms with E-state index in [1.165, 1.54) is 17.0 Å². The first-order valence-corrected chi connectivity index (χ1v) is 16.2. The Hall–Kier alpha value is -3.97. The number of hydrogen-bond acceptors (Lipinski definition) is 8. The van der Waals surface area contributed by atoms with E-state index >= 15 is 0 Å². The van der Waals surface area contributed by atoms with E-state index in [9.17, 15) is 18.0 Å². The van der Waals surface area contributed by atoms with Crippen molar-refractivity contribution in [3.8, 4) is 11.5 Å². The van der Waals surface area contributed by atoms with E-state index in [1.807, 2.05) is 48.5 Å². The molecule has 2 aliphatic heterocycles. The molecule has 0 radical (unpaired) electrons. The molecule has 0 aromatic heterocycles. The molecule has 2 saturated heterocycles. The van der Waals surface area contributed by atoms with Crippen LogP contribution < -0.4 is 14.9 Å². The molecule has 2 N–H and O–H groups in total. The van der Waals surface area contributed by atoms with E-state index in [0.717, 1.165) is 18.4 Å². The van der Waals surface area contributed by atoms with Crippen LogP contribution >= 0.6 is 0 Å². The summed E-state index contributed by atoms with van der Waals surface area (Å²) in [7, 11) is -4.06. The van der Waals surface area contributed by atoms with Gasteiger partial charge >= 0.3 is 6.09 Å². The van der Waals surface area contributed by atoms with Crippen LogP contribution in [-0.2, 0) is 35.7 Å². The molecule has 2 fully saturated rings. The Morgan fingerprint density at radius 1 is 0.886 bits per heavy atom. The number of nitrogens with one attached hydrogen (secondary N) is 2. The van der Waals surface area contributed by atoms with E-state index in [-0.39, 0.29) is 43.9 Å². The van der Waals surface area contributed by atoms with E-state index in [0.29, 0.717) is 24.5 Å². The zero-order valence-corrected chi connectivity index (χ0v) is 25.2. The second-order valence-corrected chi connectivity index (χ2v) is 12.6. The number of hydrogen-bond donors (Lipinski definition) is 2. The number of piperidine rings is 1. The van der Waals surface area contributed by atoms with Gasteiger partial charge in [-0.15, -0.1) is 0 Å². The lowest BCUT2D eigenvalue weighted by Gasteiger charge is -2.41. The molecule has 0 bridgehead atoms. The Labute approximate surface area is 257 Å². The minimum absolute atomic E-state index is 0.0225. The molecular formula is C32H37N3O8S. The van der Waals surface area contributed by atoms with E-state index in [4.69, 9.17) is 19.0 Å². The average molecular weight is 624 g/mol. The normalized spacial score (nSPS) is 18.3. The van der Waals surface area contributed by atoms with Gasteiger partial charge in [-0.1, -0.05) is 48.5 Å². The first-order valence-electron chi connectivity index (χ1n) is 14.7. The van der Waals surface area contributed by atoms with Gasteiger partial charge < -0.3 is 19.1 Å². The van der Waals surface area contributed by atoms with Gasteiger partial charge in [0, 0.05) is 38.1 Å². The Bertz CT molecular complexity index is 1470. The predicted molar refractivity (Wildman–Crippen MR) is 161 cm³/mol. The van der Waals surface area contributed by atoms with E-state index in [2.05, 4.69) is 10.2 Å². The summed E-state index contributed by atoms with van der Waals surface area (Å²) in [6, 6.07) is 24.6. The smallest absolute Gasteiger partial charge is 0.410 e. The lowest BCUT2D eigenvalue weighted by molar-refractivity contribution is -0.201. The monoisotopic (exact) mass is 623 g/mol. The summed E-state index contributed by atoms with van der Waals surface area (Å²) in [5, 5.41) is 0. The molecule has 44 heavy (non-hydrogen) atoms. The van der Waals surface area contributed by atoms with E-state index < -0.39 is 33.9 Å². The van der Waals surface area contributed by atoms with Gasteiger partial charge in [-0.05, 0) is 67.6 Å². The van der Waals surface area contributed by atoms with E-state index in [1.54, 1.807) is 24.3 Å². The molecule has 234 valence electrons. The number of ether oxygens (including phenoxy) is 3. The number of nitrogens with zero attached hydrogens (tertiary/aromatic N) is 1. The molecule has 0 aliphatic carbocycles. The highest BCUT2D eigenvalue weighted by atomic mass is 32.2. The molecule has 0 spiro atoms. The number of hydroxylamine groups is 1. The van der Waals surface area contributed by atoms with Crippen molar-refractivity contribution in [1.29, 1.82) is 0 Å². The molecule has 2 heterocycles. The third-order valence-electron chi connectivity index (χ3n) is 7.59. The van der Waals surface area contributed by atoms with Crippen molar-refractivity contribution in [2.45, 2.75) is 61.9 Å². The Kier molecular flexibility index (Phi) is 10.5. The number of para-hydroxylation sites is 1. The summed E-state index contributed by atoms with van der Waals surface area (Å²) in [4.78, 5) is 32.8. The summed E-state index contributed by atoms with van der Waals surface area (Å²) >= 11 is 0. The quantitative estimate of drug-likeness (QED) is 0.289. The first-order chi connectivity index (χ1) is 21.3. The SMILES string of the molecule is O=C(CC1(NS(=O)(=O)c2ccc(Oc3ccccc3)cc2)CCN(C(=O)OCc2ccccc2)CC1)NOC1CCCCO1. The molecule has 12 heteroatoms. The number of amides is 2. The van der Waals surface area contributed by atoms with Crippen LogP contribution in [0.15, 0.2) is 89.8 Å². The van der Waals surface area contributed by atoms with Crippen molar-refractivity contribution in [3.63, 3.8) is 0 Å². The van der Waals surface area contributed by atoms with Crippen LogP contribution in [0.1, 0.15) is 44.1 Å². The Morgan fingerprint density at radius 2 is 1.55 bits per heavy atom. The molecule has 11 nitrogen and oxygen atoms in total. The third kappa shape index (κ3) is 8.79. The number of benzene rings is 3. The maximum atomic E-state index is 13.6. The molecule has 1 unspecified atom stereocenters. The second kappa shape index (κ2) is 14.7. The fourth-order valence-corrected chi connectivity index (χ4v) is 6.64. The maximum absolute atomic E-state index is 13.6. The standard InChI is InChI=1S/C32H37N3O8S/c36-29(33-43-30-13-7-8-22-40-30)23-32(18-20-35(21-19-32)31(37)41-24-25-9-3-1-4-10-25)34-44(38,39)28-16-14-27(15-17-28)42-26-11-5-2-6-12-26/h1-6,9-12,14-17,30,34H,7-8,13,18-24H2,(H,33,36). The summed E-state index contributed by atoms with van der Waals surface area (Å²) < 4.78 is 46.7. The average Bonchev–Trinajstić information content (AvgIpc) is 3.04. The van der Waals surface area contributed by atoms with Crippen LogP contribution in [0.4, 0.5) is 4.79 Å². The summed E-state index contributed by atoms with van der Waals surface area (Å²) in [5.41, 5.74) is 2.12. The van der Waals surface area contributed by atoms with Crippen LogP contribution in [0.2, 0.25) is 0 Å². The summed E-state index contributed by atoms with van der Waals surface area (Å²) in [5.74, 6) is 0.614. The highest BCUT2D eigenvalue weighted by Crippen LogP contribution is 2.30. The third-order valence-corrected chi connectivity index (χ3v) is 9.18. The lowest BCUT2D eigenvalue weighted by atomic mass is 9.85. The van der Waals surface area contributed by atoms with Gasteiger partial charge in [0.05, 0.1) is 4.90 Å². The number of likely N-dealkylation sites (tertiary alicyclic amines) is 1. The Morgan fingerprint density at radius 3 is 2.20 bits per heavy atom. The van der Waals surface area contributed by atoms with Gasteiger partial charge in [0.1, 0.15) is 18.1 Å². The number of carbonyl (C=O) groups is 2. The van der Waals surface area contributed by atoms with Gasteiger partial charge in [0.2, 0.25) is 15.9 Å². The molecule has 3 aromatic carbocycles. The zero-order valence-electron chi connectivity index (χ0n) is 24.4. The van der Waals surface area contributed by atoms with Gasteiger partial charge in [0.15, 0.2) is 6.29 Å². The van der Waals surface area contributed by atoms with Crippen molar-refractivity contribution in [3.05, 3.63) is 90.5 Å². The number of carbonyl (C=O) groups excluding carboxylic acids is 2. The molecule has 1 atom stereocenters. The van der Waals surface area contributed by atoms with Crippen molar-refractivity contribution in [2.24, 2.45) is 0 Å². The van der Waals surface area contributed by atoms with Crippen LogP contribution in [0, 0.1) is 0 Å². The fraction of sp³-hybridized carbons (Fsp3) is 0.375. The minimum atomic E-state index is -4.06. The van der Waals surface area contributed by atoms with Crippen molar-refractivity contribution >= 4 is 22.0 Å². The van der Waals surface area contributed by atoms with Crippen molar-refractivity contribution in [2.75, 3.05) is 19.7 Å². The summed E-state index contributed by atoms with van der Waals surface area (Å²) in [6.07, 6.45) is 1.66. The second-order valence-electron chi connectivity index (χ2n) is 10.9. The fourth-order valence-electron chi connectivity index (χ4n) is 5.18. The lowest BCUT2D eigenvalue weighted by Crippen LogP contribution is -2.58. The van der Waals surface area contributed by atoms with Gasteiger partial charge in [-0.3, -0.25) is 4.79 Å². The molecule has 0 saturated carbocycles. The van der Waals surface area contributed by atoms with Gasteiger partial charge in [0.25, 0.3) is 0 Å². The van der Waals surface area contributed by atoms with Crippen LogP contribution in [0.3, 0.4) is 0 Å². The maximum Gasteiger partial charge on any atom is 0.410 e. The molecule has 2 amide bonds. The predicted octanol–water partition coefficient (Wildman–Crippen LogP) is 4.89. The molecular weight excluding hydrogens is 586 g/mol. The van der Waals surface area contributed by atoms with Crippen molar-refractivity contribution in [1.82, 2.24) is 15.1 Å². The molecule has 2 aliphatic rings. The first kappa shape index (κ1) is 31.5. The number of rotatable bonds is 11. The van der Waals surface area contributed by atoms with Crippen LogP contribution in [-0.4, -0.2) is 56.8 Å². The highest BCUT2D eigenvalue weighted by Gasteiger charge is 2.42. The van der Waals surface area contributed by atoms with Crippen molar-refractivity contribution < 1.29 is 37.1 Å². The number of sulfonamides is 1. The molecule has 3 aromatic rings. The largest absolute Gasteiger partial charge is 0.457 e. The minimum Gasteiger partial charge on any atom is -0.457 e. The van der Waals surface area contributed by atoms with Gasteiger partial charge in [-0.2, -0.15) is 0 Å². The highest BCUT2D eigenvalue weighted by molar-refractivity contribution is 7.89. The van der Waals surface area contributed by atoms with Crippen LogP contribution in [0.5, 0.6) is 11.5 Å². The molecule has 5 rings (SSSR count). The van der Waals surface area contributed by atoms with Crippen LogP contribution in [0.25, 0.3) is 0 Å². The topological polar surface area (TPSA) is 132 Å². The Balaban J connectivity index is 1.25.